The Morgan fingerprint density at radius 1 is 1.36 bits per heavy atom. The third-order valence-corrected chi connectivity index (χ3v) is 3.66. The van der Waals surface area contributed by atoms with Gasteiger partial charge in [0.05, 0.1) is 0 Å². The van der Waals surface area contributed by atoms with Gasteiger partial charge in [0.1, 0.15) is 0 Å². The minimum atomic E-state index is -0.165. The van der Waals surface area contributed by atoms with Crippen LogP contribution >= 0.6 is 11.6 Å². The van der Waals surface area contributed by atoms with Crippen molar-refractivity contribution >= 4 is 23.2 Å². The van der Waals surface area contributed by atoms with Gasteiger partial charge in [0.2, 0.25) is 11.8 Å². The molecule has 0 atom stereocenters. The molecule has 0 bridgehead atoms. The molecule has 22 heavy (non-hydrogen) atoms. The highest BCUT2D eigenvalue weighted by atomic mass is 35.5. The number of hydrogen-bond acceptors (Lipinski definition) is 4. The number of nitrogens with one attached hydrogen (secondary N) is 1. The van der Waals surface area contributed by atoms with Gasteiger partial charge < -0.3 is 9.84 Å². The van der Waals surface area contributed by atoms with E-state index in [1.807, 2.05) is 33.8 Å². The summed E-state index contributed by atoms with van der Waals surface area (Å²) in [6.07, 6.45) is 0.687. The summed E-state index contributed by atoms with van der Waals surface area (Å²) < 4.78 is 5.17. The number of amides is 1. The Morgan fingerprint density at radius 3 is 2.73 bits per heavy atom. The molecule has 0 spiro atoms. The van der Waals surface area contributed by atoms with Crippen LogP contribution in [0.3, 0.4) is 0 Å². The van der Waals surface area contributed by atoms with E-state index in [2.05, 4.69) is 15.5 Å². The first kappa shape index (κ1) is 16.5. The van der Waals surface area contributed by atoms with Gasteiger partial charge in [-0.25, -0.2) is 0 Å². The Hall–Kier alpha value is -1.88. The number of anilines is 1. The van der Waals surface area contributed by atoms with Gasteiger partial charge in [-0.1, -0.05) is 43.6 Å². The van der Waals surface area contributed by atoms with E-state index in [0.717, 1.165) is 11.3 Å². The van der Waals surface area contributed by atoms with Crippen molar-refractivity contribution in [1.82, 2.24) is 10.1 Å². The third kappa shape index (κ3) is 4.07. The number of carbonyl (C=O) groups excluding carboxylic acids is 1. The topological polar surface area (TPSA) is 68.0 Å². The van der Waals surface area contributed by atoms with Crippen molar-refractivity contribution in [3.8, 4) is 0 Å². The van der Waals surface area contributed by atoms with Crippen molar-refractivity contribution < 1.29 is 9.32 Å². The van der Waals surface area contributed by atoms with Crippen molar-refractivity contribution in [3.63, 3.8) is 0 Å². The molecule has 1 amide bonds. The Balaban J connectivity index is 1.93. The fraction of sp³-hybridized carbons (Fsp3) is 0.438. The van der Waals surface area contributed by atoms with Crippen LogP contribution in [0.2, 0.25) is 5.02 Å². The first-order chi connectivity index (χ1) is 10.3. The van der Waals surface area contributed by atoms with E-state index in [0.29, 0.717) is 23.2 Å². The molecule has 1 aromatic carbocycles. The summed E-state index contributed by atoms with van der Waals surface area (Å²) in [5.41, 5.74) is 1.41. The van der Waals surface area contributed by atoms with Gasteiger partial charge in [0.15, 0.2) is 5.82 Å². The highest BCUT2D eigenvalue weighted by Crippen LogP contribution is 2.23. The third-order valence-electron chi connectivity index (χ3n) is 3.25. The van der Waals surface area contributed by atoms with Crippen molar-refractivity contribution in [2.45, 2.75) is 46.0 Å². The number of hydrogen-bond donors (Lipinski definition) is 1. The van der Waals surface area contributed by atoms with E-state index in [1.165, 1.54) is 0 Å². The maximum atomic E-state index is 12.0. The molecule has 0 aliphatic rings. The average molecular weight is 322 g/mol. The van der Waals surface area contributed by atoms with Crippen molar-refractivity contribution in [3.05, 3.63) is 40.5 Å². The molecule has 118 valence electrons. The average Bonchev–Trinajstić information content (AvgIpc) is 2.91. The van der Waals surface area contributed by atoms with Gasteiger partial charge in [-0.05, 0) is 24.6 Å². The van der Waals surface area contributed by atoms with E-state index in [-0.39, 0.29) is 17.7 Å². The second-order valence-corrected chi connectivity index (χ2v) is 6.63. The summed E-state index contributed by atoms with van der Waals surface area (Å²) in [5.74, 6) is 1.01. The Kier molecular flexibility index (Phi) is 4.86. The van der Waals surface area contributed by atoms with Gasteiger partial charge in [0.25, 0.3) is 0 Å². The lowest BCUT2D eigenvalue weighted by molar-refractivity contribution is -0.116. The number of carbonyl (C=O) groups is 1. The first-order valence-electron chi connectivity index (χ1n) is 7.15. The Labute approximate surface area is 135 Å². The van der Waals surface area contributed by atoms with Crippen LogP contribution in [0.1, 0.15) is 44.5 Å². The fourth-order valence-corrected chi connectivity index (χ4v) is 2.01. The molecule has 2 aromatic rings. The number of aromatic nitrogens is 2. The van der Waals surface area contributed by atoms with Crippen molar-refractivity contribution in [2.24, 2.45) is 0 Å². The molecule has 5 nitrogen and oxygen atoms in total. The zero-order valence-corrected chi connectivity index (χ0v) is 14.0. The van der Waals surface area contributed by atoms with Crippen molar-refractivity contribution in [2.75, 3.05) is 5.32 Å². The SMILES string of the molecule is Cc1c(Cl)cccc1NC(=O)CCc1nc(C(C)(C)C)no1. The van der Waals surface area contributed by atoms with E-state index >= 15 is 0 Å². The van der Waals surface area contributed by atoms with Crippen LogP contribution in [0.4, 0.5) is 5.69 Å². The predicted octanol–water partition coefficient (Wildman–Crippen LogP) is 3.90. The number of rotatable bonds is 4. The fourth-order valence-electron chi connectivity index (χ4n) is 1.84. The Bertz CT molecular complexity index is 674. The summed E-state index contributed by atoms with van der Waals surface area (Å²) in [4.78, 5) is 16.3. The molecule has 0 saturated heterocycles. The minimum absolute atomic E-state index is 0.110. The lowest BCUT2D eigenvalue weighted by Gasteiger charge is -2.10. The van der Waals surface area contributed by atoms with Crippen LogP contribution in [0.15, 0.2) is 22.7 Å². The molecule has 1 heterocycles. The lowest BCUT2D eigenvalue weighted by Crippen LogP contribution is -2.14. The highest BCUT2D eigenvalue weighted by molar-refractivity contribution is 6.31. The molecule has 2 rings (SSSR count). The lowest BCUT2D eigenvalue weighted by atomic mass is 9.96. The van der Waals surface area contributed by atoms with Crippen LogP contribution in [-0.4, -0.2) is 16.0 Å². The summed E-state index contributed by atoms with van der Waals surface area (Å²) >= 11 is 6.03. The number of aryl methyl sites for hydroxylation is 1. The molecule has 1 aromatic heterocycles. The zero-order chi connectivity index (χ0) is 16.3. The molecule has 0 aliphatic heterocycles. The molecular formula is C16H20ClN3O2. The molecule has 1 N–H and O–H groups in total. The highest BCUT2D eigenvalue weighted by Gasteiger charge is 2.21. The molecule has 0 radical (unpaired) electrons. The van der Waals surface area contributed by atoms with Crippen LogP contribution in [0, 0.1) is 6.92 Å². The second-order valence-electron chi connectivity index (χ2n) is 6.22. The number of nitrogens with zero attached hydrogens (tertiary/aromatic N) is 2. The van der Waals surface area contributed by atoms with Crippen LogP contribution < -0.4 is 5.32 Å². The second kappa shape index (κ2) is 6.48. The normalized spacial score (nSPS) is 11.5. The number of halogens is 1. The maximum absolute atomic E-state index is 12.0. The smallest absolute Gasteiger partial charge is 0.227 e. The van der Waals surface area contributed by atoms with Crippen molar-refractivity contribution in [1.29, 1.82) is 0 Å². The molecular weight excluding hydrogens is 302 g/mol. The molecule has 0 fully saturated rings. The number of benzene rings is 1. The van der Waals surface area contributed by atoms with Crippen LogP contribution in [0.25, 0.3) is 0 Å². The molecule has 6 heteroatoms. The van der Waals surface area contributed by atoms with E-state index in [9.17, 15) is 4.79 Å². The van der Waals surface area contributed by atoms with Gasteiger partial charge in [-0.2, -0.15) is 4.98 Å². The summed E-state index contributed by atoms with van der Waals surface area (Å²) in [7, 11) is 0. The Morgan fingerprint density at radius 2 is 2.09 bits per heavy atom. The van der Waals surface area contributed by atoms with Crippen LogP contribution in [0.5, 0.6) is 0 Å². The van der Waals surface area contributed by atoms with Gasteiger partial charge >= 0.3 is 0 Å². The van der Waals surface area contributed by atoms with E-state index in [4.69, 9.17) is 16.1 Å². The monoisotopic (exact) mass is 321 g/mol. The summed E-state index contributed by atoms with van der Waals surface area (Å²) in [6.45, 7) is 7.90. The quantitative estimate of drug-likeness (QED) is 0.927. The largest absolute Gasteiger partial charge is 0.339 e. The predicted molar refractivity (Wildman–Crippen MR) is 86.1 cm³/mol. The van der Waals surface area contributed by atoms with Gasteiger partial charge in [-0.15, -0.1) is 0 Å². The van der Waals surface area contributed by atoms with Gasteiger partial charge in [-0.3, -0.25) is 4.79 Å². The first-order valence-corrected chi connectivity index (χ1v) is 7.53. The zero-order valence-electron chi connectivity index (χ0n) is 13.2. The molecule has 0 unspecified atom stereocenters. The summed E-state index contributed by atoms with van der Waals surface area (Å²) in [6, 6.07) is 5.42. The standard InChI is InChI=1S/C16H20ClN3O2/c1-10-11(17)6-5-7-12(10)18-13(21)8-9-14-19-15(20-22-14)16(2,3)4/h5-7H,8-9H2,1-4H3,(H,18,21). The molecule has 0 saturated carbocycles. The summed E-state index contributed by atoms with van der Waals surface area (Å²) in [5, 5.41) is 7.41. The molecule has 0 aliphatic carbocycles. The minimum Gasteiger partial charge on any atom is -0.339 e. The van der Waals surface area contributed by atoms with Crippen LogP contribution in [-0.2, 0) is 16.6 Å². The van der Waals surface area contributed by atoms with E-state index < -0.39 is 0 Å². The van der Waals surface area contributed by atoms with Gasteiger partial charge in [0, 0.05) is 29.0 Å². The van der Waals surface area contributed by atoms with E-state index in [1.54, 1.807) is 12.1 Å². The maximum Gasteiger partial charge on any atom is 0.227 e.